The zero-order chi connectivity index (χ0) is 23.8. The lowest BCUT2D eigenvalue weighted by molar-refractivity contribution is -0.365. The molecule has 0 spiro atoms. The van der Waals surface area contributed by atoms with Crippen molar-refractivity contribution in [1.29, 1.82) is 0 Å². The number of hydrogen-bond donors (Lipinski definition) is 3. The van der Waals surface area contributed by atoms with Crippen LogP contribution in [0.4, 0.5) is 11.8 Å². The van der Waals surface area contributed by atoms with Crippen LogP contribution in [0, 0.1) is 0 Å². The number of aromatic nitrogens is 6. The zero-order valence-corrected chi connectivity index (χ0v) is 19.4. The van der Waals surface area contributed by atoms with Crippen molar-refractivity contribution in [2.45, 2.75) is 6.54 Å². The Labute approximate surface area is 203 Å². The predicted octanol–water partition coefficient (Wildman–Crippen LogP) is 1.99. The Bertz CT molecular complexity index is 1520. The van der Waals surface area contributed by atoms with Crippen LogP contribution in [0.1, 0.15) is 15.2 Å². The number of thiophene rings is 1. The zero-order valence-electron chi connectivity index (χ0n) is 18.6. The second-order valence-electron chi connectivity index (χ2n) is 8.10. The van der Waals surface area contributed by atoms with E-state index in [1.165, 1.54) is 12.4 Å². The van der Waals surface area contributed by atoms with E-state index in [-0.39, 0.29) is 0 Å². The summed E-state index contributed by atoms with van der Waals surface area (Å²) >= 11 is 1.65. The largest absolute Gasteiger partial charge is 0.389 e. The van der Waals surface area contributed by atoms with E-state index in [0.717, 1.165) is 50.5 Å². The normalized spacial score (nSPS) is 14.0. The third-order valence-electron chi connectivity index (χ3n) is 5.85. The fraction of sp³-hybridized carbons (Fsp3) is 0.217. The van der Waals surface area contributed by atoms with Crippen LogP contribution < -0.4 is 20.9 Å². The number of nitrogens with zero attached hydrogens (tertiary/aromatic N) is 5. The smallest absolute Gasteiger partial charge is 0.378 e. The monoisotopic (exact) mass is 488 g/mol. The highest BCUT2D eigenvalue weighted by Gasteiger charge is 2.21. The number of aromatic amines is 2. The minimum absolute atomic E-state index is 0.322. The van der Waals surface area contributed by atoms with Crippen LogP contribution in [0.2, 0.25) is 0 Å². The number of fused-ring (bicyclic) bond motifs is 2. The summed E-state index contributed by atoms with van der Waals surface area (Å²) in [6.45, 7) is 3.42. The first-order chi connectivity index (χ1) is 17.2. The summed E-state index contributed by atoms with van der Waals surface area (Å²) in [4.78, 5) is 31.7. The molecule has 176 valence electrons. The third-order valence-corrected chi connectivity index (χ3v) is 6.97. The molecule has 1 aliphatic rings. The van der Waals surface area contributed by atoms with E-state index in [0.29, 0.717) is 37.1 Å². The summed E-state index contributed by atoms with van der Waals surface area (Å²) < 4.78 is 6.60. The predicted molar refractivity (Wildman–Crippen MR) is 132 cm³/mol. The van der Waals surface area contributed by atoms with Crippen LogP contribution in [-0.2, 0) is 11.3 Å². The van der Waals surface area contributed by atoms with Gasteiger partial charge in [0.05, 0.1) is 47.9 Å². The average molecular weight is 489 g/mol. The molecule has 1 saturated heterocycles. The molecule has 0 aliphatic carbocycles. The van der Waals surface area contributed by atoms with Crippen molar-refractivity contribution in [2.75, 3.05) is 36.5 Å². The molecule has 1 amide bonds. The van der Waals surface area contributed by atoms with E-state index in [1.54, 1.807) is 11.3 Å². The number of carbonyl (C=O) groups excluding carboxylic acids is 1. The van der Waals surface area contributed by atoms with Crippen LogP contribution in [0.3, 0.4) is 0 Å². The molecule has 5 N–H and O–H groups in total. The topological polar surface area (TPSA) is 149 Å². The van der Waals surface area contributed by atoms with E-state index in [2.05, 4.69) is 36.4 Å². The van der Waals surface area contributed by atoms with E-state index < -0.39 is 5.91 Å². The van der Waals surface area contributed by atoms with Crippen LogP contribution in [0.15, 0.2) is 42.9 Å². The molecule has 1 aliphatic heterocycles. The Morgan fingerprint density at radius 1 is 1.26 bits per heavy atom. The summed E-state index contributed by atoms with van der Waals surface area (Å²) in [7, 11) is 0. The lowest BCUT2D eigenvalue weighted by Crippen LogP contribution is -2.36. The van der Waals surface area contributed by atoms with Crippen LogP contribution in [0.5, 0.6) is 0 Å². The quantitative estimate of drug-likeness (QED) is 0.328. The van der Waals surface area contributed by atoms with E-state index in [4.69, 9.17) is 20.4 Å². The molecule has 35 heavy (non-hydrogen) atoms. The Kier molecular flexibility index (Phi) is 5.43. The van der Waals surface area contributed by atoms with Gasteiger partial charge in [-0.1, -0.05) is 17.1 Å². The fourth-order valence-corrected chi connectivity index (χ4v) is 5.13. The minimum Gasteiger partial charge on any atom is -0.378 e. The van der Waals surface area contributed by atoms with Gasteiger partial charge < -0.3 is 15.4 Å². The lowest BCUT2D eigenvalue weighted by Gasteiger charge is -2.28. The van der Waals surface area contributed by atoms with Gasteiger partial charge >= 0.3 is 5.95 Å². The van der Waals surface area contributed by atoms with Gasteiger partial charge in [0.15, 0.2) is 11.6 Å². The number of hydrogen-bond acceptors (Lipinski definition) is 9. The van der Waals surface area contributed by atoms with Crippen molar-refractivity contribution in [2.24, 2.45) is 5.73 Å². The first-order valence-electron chi connectivity index (χ1n) is 11.1. The van der Waals surface area contributed by atoms with Crippen molar-refractivity contribution in [1.82, 2.24) is 25.1 Å². The highest BCUT2D eigenvalue weighted by molar-refractivity contribution is 7.19. The molecule has 6 rings (SSSR count). The average Bonchev–Trinajstić information content (AvgIpc) is 3.54. The van der Waals surface area contributed by atoms with Crippen molar-refractivity contribution in [3.05, 3.63) is 53.3 Å². The molecule has 5 aromatic rings. The summed E-state index contributed by atoms with van der Waals surface area (Å²) in [5, 5.41) is 11.4. The summed E-state index contributed by atoms with van der Waals surface area (Å²) in [6, 6.07) is 8.07. The first kappa shape index (κ1) is 21.4. The Balaban J connectivity index is 1.37. The molecule has 1 aromatic carbocycles. The molecule has 5 heterocycles. The van der Waals surface area contributed by atoms with E-state index in [9.17, 15) is 4.79 Å². The maximum atomic E-state index is 11.3. The molecule has 12 heteroatoms. The molecule has 1 fully saturated rings. The molecule has 0 saturated carbocycles. The first-order valence-corrected chi connectivity index (χ1v) is 11.9. The van der Waals surface area contributed by atoms with E-state index in [1.807, 2.05) is 24.4 Å². The molecule has 11 nitrogen and oxygen atoms in total. The van der Waals surface area contributed by atoms with Crippen molar-refractivity contribution < 1.29 is 14.5 Å². The van der Waals surface area contributed by atoms with Gasteiger partial charge in [0.1, 0.15) is 11.8 Å². The van der Waals surface area contributed by atoms with Gasteiger partial charge in [0.2, 0.25) is 0 Å². The molecule has 4 aromatic heterocycles. The van der Waals surface area contributed by atoms with Gasteiger partial charge in [0.25, 0.3) is 5.91 Å². The second kappa shape index (κ2) is 8.89. The third kappa shape index (κ3) is 4.13. The van der Waals surface area contributed by atoms with Crippen molar-refractivity contribution >= 4 is 50.1 Å². The standard InChI is InChI=1S/C23H21N9O2S/c24-20(33)13-9-25-23(26-10-13)27-11-14-8-18-19(35-14)22(32-4-6-34-7-5-32)30-21(29-18)15-2-1-3-17-16(15)12-28-31-17/h1-3,8-10,12H,4-7,11H2,(H2,24,33)(H,28,31)(H,25,26,27)/p+1. The Hall–Kier alpha value is -4.16. The van der Waals surface area contributed by atoms with Crippen molar-refractivity contribution in [3.8, 4) is 11.4 Å². The van der Waals surface area contributed by atoms with Gasteiger partial charge in [-0.15, -0.1) is 11.3 Å². The summed E-state index contributed by atoms with van der Waals surface area (Å²) in [6.07, 6.45) is 4.78. The van der Waals surface area contributed by atoms with Crippen LogP contribution >= 0.6 is 11.3 Å². The molecule has 0 unspecified atom stereocenters. The van der Waals surface area contributed by atoms with Gasteiger partial charge in [-0.3, -0.25) is 15.2 Å². The molecule has 0 radical (unpaired) electrons. The molecular formula is C23H22N9O2S+. The lowest BCUT2D eigenvalue weighted by atomic mass is 10.1. The van der Waals surface area contributed by atoms with E-state index >= 15 is 0 Å². The van der Waals surface area contributed by atoms with Gasteiger partial charge in [0, 0.05) is 28.9 Å². The number of H-pyrrole nitrogens is 2. The molecule has 0 atom stereocenters. The number of ether oxygens (including phenoxy) is 1. The number of morpholine rings is 1. The Morgan fingerprint density at radius 2 is 2.14 bits per heavy atom. The number of primary amides is 1. The summed E-state index contributed by atoms with van der Waals surface area (Å²) in [5.41, 5.74) is 8.37. The van der Waals surface area contributed by atoms with Crippen LogP contribution in [-0.4, -0.2) is 57.4 Å². The van der Waals surface area contributed by atoms with Crippen molar-refractivity contribution in [3.63, 3.8) is 0 Å². The van der Waals surface area contributed by atoms with Gasteiger partial charge in [-0.2, -0.15) is 5.10 Å². The highest BCUT2D eigenvalue weighted by Crippen LogP contribution is 2.36. The fourth-order valence-electron chi connectivity index (χ4n) is 4.08. The number of nitrogens with two attached hydrogens (primary N) is 1. The molecular weight excluding hydrogens is 466 g/mol. The number of anilines is 2. The number of benzene rings is 1. The maximum absolute atomic E-state index is 11.3. The summed E-state index contributed by atoms with van der Waals surface area (Å²) in [5.74, 6) is 1.60. The van der Waals surface area contributed by atoms with Crippen LogP contribution in [0.25, 0.3) is 32.5 Å². The number of carbonyl (C=O) groups is 1. The second-order valence-corrected chi connectivity index (χ2v) is 9.24. The van der Waals surface area contributed by atoms with Gasteiger partial charge in [-0.25, -0.2) is 15.0 Å². The number of nitrogens with one attached hydrogen (secondary N) is 3. The number of amides is 1. The molecule has 0 bridgehead atoms. The number of rotatable bonds is 6. The Morgan fingerprint density at radius 3 is 2.94 bits per heavy atom. The van der Waals surface area contributed by atoms with Gasteiger partial charge in [-0.05, 0) is 12.1 Å². The minimum atomic E-state index is -0.527. The highest BCUT2D eigenvalue weighted by atomic mass is 32.1. The SMILES string of the molecule is NC(=O)c1cnc(NCc2cc3nc(-c4cccc5[nH]ncc45)nc(N4CCOCC4)c3s2)[nH+]c1. The maximum Gasteiger partial charge on any atom is 0.389 e.